The molecule has 0 radical (unpaired) electrons. The van der Waals surface area contributed by atoms with Crippen LogP contribution in [0.15, 0.2) is 12.1 Å². The van der Waals surface area contributed by atoms with Crippen LogP contribution >= 0.6 is 0 Å². The molecule has 0 fully saturated rings. The van der Waals surface area contributed by atoms with E-state index in [4.69, 9.17) is 10.00 Å². The van der Waals surface area contributed by atoms with Crippen LogP contribution in [0.25, 0.3) is 0 Å². The Bertz CT molecular complexity index is 515. The highest BCUT2D eigenvalue weighted by Crippen LogP contribution is 2.39. The molecule has 0 aliphatic heterocycles. The summed E-state index contributed by atoms with van der Waals surface area (Å²) in [6.07, 6.45) is -4.68. The van der Waals surface area contributed by atoms with Crippen molar-refractivity contribution in [3.8, 4) is 11.8 Å². The van der Waals surface area contributed by atoms with Gasteiger partial charge in [-0.05, 0) is 26.0 Å². The summed E-state index contributed by atoms with van der Waals surface area (Å²) < 4.78 is 43.4. The van der Waals surface area contributed by atoms with E-state index in [1.54, 1.807) is 6.07 Å². The molecule has 0 bridgehead atoms. The van der Waals surface area contributed by atoms with Crippen molar-refractivity contribution in [2.45, 2.75) is 20.0 Å². The highest BCUT2D eigenvalue weighted by atomic mass is 19.4. The fraction of sp³-hybridized carbons (Fsp3) is 0.333. The van der Waals surface area contributed by atoms with Gasteiger partial charge in [0.25, 0.3) is 0 Å². The first-order valence-corrected chi connectivity index (χ1v) is 5.10. The number of nitrogens with zero attached hydrogens (tertiary/aromatic N) is 1. The summed E-state index contributed by atoms with van der Waals surface area (Å²) in [5.41, 5.74) is -1.56. The number of carbonyl (C=O) groups excluding carboxylic acids is 1. The monoisotopic (exact) mass is 257 g/mol. The summed E-state index contributed by atoms with van der Waals surface area (Å²) in [4.78, 5) is 11.1. The van der Waals surface area contributed by atoms with Crippen molar-refractivity contribution in [3.05, 3.63) is 28.8 Å². The number of hydrogen-bond donors (Lipinski definition) is 0. The van der Waals surface area contributed by atoms with Crippen molar-refractivity contribution in [2.75, 3.05) is 6.61 Å². The number of benzene rings is 1. The lowest BCUT2D eigenvalue weighted by Gasteiger charge is -2.15. The third-order valence-corrected chi connectivity index (χ3v) is 2.21. The summed E-state index contributed by atoms with van der Waals surface area (Å²) >= 11 is 0. The van der Waals surface area contributed by atoms with Gasteiger partial charge in [0.1, 0.15) is 11.8 Å². The standard InChI is InChI=1S/C12H10F3NO2/c1-3-18-11-9(6-16)4-8(7(2)17)5-10(11)12(13,14)15/h4-5H,3H2,1-2H3. The van der Waals surface area contributed by atoms with E-state index in [1.165, 1.54) is 6.92 Å². The minimum absolute atomic E-state index is 0.00280. The number of rotatable bonds is 3. The summed E-state index contributed by atoms with van der Waals surface area (Å²) in [5.74, 6) is -1.07. The Balaban J connectivity index is 3.58. The molecule has 0 aromatic heterocycles. The Labute approximate surface area is 102 Å². The van der Waals surface area contributed by atoms with Gasteiger partial charge in [0.2, 0.25) is 0 Å². The molecule has 0 atom stereocenters. The molecule has 18 heavy (non-hydrogen) atoms. The first-order valence-electron chi connectivity index (χ1n) is 5.10. The quantitative estimate of drug-likeness (QED) is 0.781. The van der Waals surface area contributed by atoms with Crippen LogP contribution in [0.2, 0.25) is 0 Å². The summed E-state index contributed by atoms with van der Waals surface area (Å²) in [5, 5.41) is 8.83. The van der Waals surface area contributed by atoms with Crippen molar-refractivity contribution < 1.29 is 22.7 Å². The Morgan fingerprint density at radius 1 is 1.44 bits per heavy atom. The SMILES string of the molecule is CCOc1c(C#N)cc(C(C)=O)cc1C(F)(F)F. The van der Waals surface area contributed by atoms with E-state index in [0.717, 1.165) is 13.0 Å². The van der Waals surface area contributed by atoms with E-state index >= 15 is 0 Å². The van der Waals surface area contributed by atoms with Crippen molar-refractivity contribution in [3.63, 3.8) is 0 Å². The van der Waals surface area contributed by atoms with E-state index in [1.807, 2.05) is 0 Å². The largest absolute Gasteiger partial charge is 0.492 e. The minimum atomic E-state index is -4.68. The number of carbonyl (C=O) groups is 1. The van der Waals surface area contributed by atoms with Crippen LogP contribution in [0.3, 0.4) is 0 Å². The van der Waals surface area contributed by atoms with Gasteiger partial charge in [-0.15, -0.1) is 0 Å². The van der Waals surface area contributed by atoms with Crippen molar-refractivity contribution in [1.29, 1.82) is 5.26 Å². The van der Waals surface area contributed by atoms with Crippen LogP contribution in [0, 0.1) is 11.3 Å². The molecule has 0 aliphatic carbocycles. The first kappa shape index (κ1) is 14.0. The topological polar surface area (TPSA) is 50.1 Å². The zero-order valence-electron chi connectivity index (χ0n) is 9.76. The van der Waals surface area contributed by atoms with Gasteiger partial charge in [-0.1, -0.05) is 0 Å². The van der Waals surface area contributed by atoms with E-state index in [2.05, 4.69) is 0 Å². The second kappa shape index (κ2) is 5.08. The van der Waals surface area contributed by atoms with Crippen LogP contribution in [0.1, 0.15) is 35.3 Å². The zero-order chi connectivity index (χ0) is 13.9. The second-order valence-corrected chi connectivity index (χ2v) is 3.50. The van der Waals surface area contributed by atoms with Crippen LogP contribution in [0.4, 0.5) is 13.2 Å². The van der Waals surface area contributed by atoms with Crippen LogP contribution in [-0.4, -0.2) is 12.4 Å². The third-order valence-electron chi connectivity index (χ3n) is 2.21. The van der Waals surface area contributed by atoms with E-state index < -0.39 is 23.3 Å². The zero-order valence-corrected chi connectivity index (χ0v) is 9.76. The fourth-order valence-corrected chi connectivity index (χ4v) is 1.43. The molecule has 1 aromatic carbocycles. The maximum Gasteiger partial charge on any atom is 0.420 e. The highest BCUT2D eigenvalue weighted by Gasteiger charge is 2.36. The van der Waals surface area contributed by atoms with E-state index in [0.29, 0.717) is 6.07 Å². The predicted octanol–water partition coefficient (Wildman–Crippen LogP) is 3.18. The average Bonchev–Trinajstić information content (AvgIpc) is 2.27. The van der Waals surface area contributed by atoms with Crippen LogP contribution < -0.4 is 4.74 Å². The van der Waals surface area contributed by atoms with Gasteiger partial charge >= 0.3 is 6.18 Å². The molecule has 0 spiro atoms. The van der Waals surface area contributed by atoms with Gasteiger partial charge in [0.05, 0.1) is 17.7 Å². The van der Waals surface area contributed by atoms with Gasteiger partial charge in [-0.3, -0.25) is 4.79 Å². The highest BCUT2D eigenvalue weighted by molar-refractivity contribution is 5.95. The summed E-state index contributed by atoms with van der Waals surface area (Å²) in [6, 6.07) is 3.41. The maximum absolute atomic E-state index is 12.8. The molecule has 0 N–H and O–H groups in total. The molecular formula is C12H10F3NO2. The number of halogens is 3. The molecular weight excluding hydrogens is 247 g/mol. The molecule has 1 rings (SSSR count). The van der Waals surface area contributed by atoms with E-state index in [9.17, 15) is 18.0 Å². The molecule has 0 saturated heterocycles. The lowest BCUT2D eigenvalue weighted by molar-refractivity contribution is -0.138. The molecule has 0 amide bonds. The number of ketones is 1. The van der Waals surface area contributed by atoms with Gasteiger partial charge < -0.3 is 4.74 Å². The number of alkyl halides is 3. The van der Waals surface area contributed by atoms with Crippen molar-refractivity contribution >= 4 is 5.78 Å². The molecule has 0 saturated carbocycles. The lowest BCUT2D eigenvalue weighted by atomic mass is 10.0. The molecule has 0 aliphatic rings. The van der Waals surface area contributed by atoms with Crippen molar-refractivity contribution in [2.24, 2.45) is 0 Å². The molecule has 96 valence electrons. The number of ether oxygens (including phenoxy) is 1. The lowest BCUT2D eigenvalue weighted by Crippen LogP contribution is -2.12. The average molecular weight is 257 g/mol. The Morgan fingerprint density at radius 2 is 2.06 bits per heavy atom. The van der Waals surface area contributed by atoms with Crippen LogP contribution in [0.5, 0.6) is 5.75 Å². The van der Waals surface area contributed by atoms with E-state index in [-0.39, 0.29) is 17.7 Å². The normalized spacial score (nSPS) is 10.9. The molecule has 1 aromatic rings. The molecule has 0 unspecified atom stereocenters. The fourth-order valence-electron chi connectivity index (χ4n) is 1.43. The summed E-state index contributed by atoms with van der Waals surface area (Å²) in [6.45, 7) is 2.65. The molecule has 0 heterocycles. The molecule has 3 nitrogen and oxygen atoms in total. The maximum atomic E-state index is 12.8. The summed E-state index contributed by atoms with van der Waals surface area (Å²) in [7, 11) is 0. The molecule has 6 heteroatoms. The smallest absolute Gasteiger partial charge is 0.420 e. The number of hydrogen-bond acceptors (Lipinski definition) is 3. The number of Topliss-reactive ketones (excluding diaryl/α,β-unsaturated/α-hetero) is 1. The third kappa shape index (κ3) is 2.80. The van der Waals surface area contributed by atoms with Crippen LogP contribution in [-0.2, 0) is 6.18 Å². The minimum Gasteiger partial charge on any atom is -0.492 e. The first-order chi connectivity index (χ1) is 8.31. The second-order valence-electron chi connectivity index (χ2n) is 3.50. The predicted molar refractivity (Wildman–Crippen MR) is 57.3 cm³/mol. The number of nitriles is 1. The van der Waals surface area contributed by atoms with Gasteiger partial charge in [-0.25, -0.2) is 0 Å². The Kier molecular flexibility index (Phi) is 3.96. The van der Waals surface area contributed by atoms with Crippen molar-refractivity contribution in [1.82, 2.24) is 0 Å². The van der Waals surface area contributed by atoms with Gasteiger partial charge in [0.15, 0.2) is 5.78 Å². The van der Waals surface area contributed by atoms with Gasteiger partial charge in [0, 0.05) is 5.56 Å². The van der Waals surface area contributed by atoms with Gasteiger partial charge in [-0.2, -0.15) is 18.4 Å². The Morgan fingerprint density at radius 3 is 2.44 bits per heavy atom. The Hall–Kier alpha value is -2.03.